The Morgan fingerprint density at radius 2 is 2.10 bits per heavy atom. The fourth-order valence-electron chi connectivity index (χ4n) is 2.27. The minimum absolute atomic E-state index is 0.0554. The molecule has 8 heteroatoms. The minimum atomic E-state index is -0.661. The van der Waals surface area contributed by atoms with Gasteiger partial charge in [0.25, 0.3) is 11.6 Å². The van der Waals surface area contributed by atoms with Gasteiger partial charge in [-0.2, -0.15) is 0 Å². The number of anilines is 1. The van der Waals surface area contributed by atoms with Crippen molar-refractivity contribution in [3.05, 3.63) is 27.9 Å². The second kappa shape index (κ2) is 5.83. The van der Waals surface area contributed by atoms with Crippen molar-refractivity contribution >= 4 is 17.4 Å². The highest BCUT2D eigenvalue weighted by atomic mass is 16.6. The van der Waals surface area contributed by atoms with Crippen molar-refractivity contribution in [3.63, 3.8) is 0 Å². The van der Waals surface area contributed by atoms with E-state index in [0.29, 0.717) is 25.7 Å². The third-order valence-corrected chi connectivity index (χ3v) is 3.38. The number of nitro groups is 1. The molecule has 1 heterocycles. The zero-order valence-corrected chi connectivity index (χ0v) is 10.8. The van der Waals surface area contributed by atoms with E-state index in [4.69, 9.17) is 5.73 Å². The summed E-state index contributed by atoms with van der Waals surface area (Å²) in [6, 6.07) is 1.12. The summed E-state index contributed by atoms with van der Waals surface area (Å²) < 4.78 is 0. The quantitative estimate of drug-likeness (QED) is 0.549. The molecule has 0 saturated heterocycles. The lowest BCUT2D eigenvalue weighted by molar-refractivity contribution is -0.385. The number of nitrogens with two attached hydrogens (primary N) is 1. The third-order valence-electron chi connectivity index (χ3n) is 3.38. The lowest BCUT2D eigenvalue weighted by Crippen LogP contribution is -2.38. The molecule has 1 aromatic rings. The molecule has 4 N–H and O–H groups in total. The van der Waals surface area contributed by atoms with Crippen LogP contribution in [0.2, 0.25) is 0 Å². The van der Waals surface area contributed by atoms with Gasteiger partial charge in [0.1, 0.15) is 17.6 Å². The molecule has 0 radical (unpaired) electrons. The average Bonchev–Trinajstić information content (AvgIpc) is 2.41. The first kappa shape index (κ1) is 14.2. The van der Waals surface area contributed by atoms with Crippen LogP contribution in [0.3, 0.4) is 0 Å². The van der Waals surface area contributed by atoms with Crippen LogP contribution in [0, 0.1) is 10.1 Å². The maximum Gasteiger partial charge on any atom is 0.300 e. The average molecular weight is 280 g/mol. The van der Waals surface area contributed by atoms with Crippen LogP contribution < -0.4 is 11.1 Å². The van der Waals surface area contributed by atoms with Gasteiger partial charge in [0.15, 0.2) is 0 Å². The van der Waals surface area contributed by atoms with Crippen molar-refractivity contribution in [2.75, 3.05) is 5.73 Å². The summed E-state index contributed by atoms with van der Waals surface area (Å²) in [6.45, 7) is 0. The number of rotatable bonds is 3. The number of hydrogen-bond acceptors (Lipinski definition) is 6. The first-order chi connectivity index (χ1) is 9.47. The van der Waals surface area contributed by atoms with Crippen molar-refractivity contribution in [2.24, 2.45) is 0 Å². The first-order valence-electron chi connectivity index (χ1n) is 6.36. The SMILES string of the molecule is Nc1cc(C(=O)NC2CCC(O)CC2)c([N+](=O)[O-])cn1. The molecule has 0 aliphatic heterocycles. The molecule has 0 aromatic carbocycles. The fourth-order valence-corrected chi connectivity index (χ4v) is 2.27. The predicted molar refractivity (Wildman–Crippen MR) is 71.0 cm³/mol. The number of pyridine rings is 1. The summed E-state index contributed by atoms with van der Waals surface area (Å²) in [4.78, 5) is 26.0. The molecular weight excluding hydrogens is 264 g/mol. The van der Waals surface area contributed by atoms with Gasteiger partial charge in [-0.25, -0.2) is 4.98 Å². The normalized spacial score (nSPS) is 22.2. The standard InChI is InChI=1S/C12H16N4O4/c13-11-5-9(10(6-14-11)16(19)20)12(18)15-7-1-3-8(17)4-2-7/h5-8,17H,1-4H2,(H2,13,14)(H,15,18). The highest BCUT2D eigenvalue weighted by Gasteiger charge is 2.25. The Morgan fingerprint density at radius 3 is 2.70 bits per heavy atom. The zero-order valence-electron chi connectivity index (χ0n) is 10.8. The van der Waals surface area contributed by atoms with Gasteiger partial charge in [-0.3, -0.25) is 14.9 Å². The summed E-state index contributed by atoms with van der Waals surface area (Å²) in [6.07, 6.45) is 3.20. The van der Waals surface area contributed by atoms with Crippen molar-refractivity contribution in [1.82, 2.24) is 10.3 Å². The topological polar surface area (TPSA) is 131 Å². The molecule has 8 nitrogen and oxygen atoms in total. The van der Waals surface area contributed by atoms with Crippen LogP contribution in [0.15, 0.2) is 12.3 Å². The predicted octanol–water partition coefficient (Wildman–Crippen LogP) is 0.605. The van der Waals surface area contributed by atoms with E-state index in [9.17, 15) is 20.0 Å². The van der Waals surface area contributed by atoms with E-state index in [-0.39, 0.29) is 29.2 Å². The maximum absolute atomic E-state index is 12.1. The van der Waals surface area contributed by atoms with E-state index in [0.717, 1.165) is 6.20 Å². The van der Waals surface area contributed by atoms with Crippen LogP contribution in [-0.4, -0.2) is 33.1 Å². The Morgan fingerprint density at radius 1 is 1.45 bits per heavy atom. The number of hydrogen-bond donors (Lipinski definition) is 3. The summed E-state index contributed by atoms with van der Waals surface area (Å²) in [5.74, 6) is -0.480. The van der Waals surface area contributed by atoms with Gasteiger partial charge >= 0.3 is 0 Å². The Kier molecular flexibility index (Phi) is 4.14. The monoisotopic (exact) mass is 280 g/mol. The number of amides is 1. The van der Waals surface area contributed by atoms with Gasteiger partial charge in [0, 0.05) is 6.04 Å². The van der Waals surface area contributed by atoms with E-state index in [1.807, 2.05) is 0 Å². The van der Waals surface area contributed by atoms with Gasteiger partial charge in [0.2, 0.25) is 0 Å². The van der Waals surface area contributed by atoms with Crippen molar-refractivity contribution in [1.29, 1.82) is 0 Å². The second-order valence-corrected chi connectivity index (χ2v) is 4.86. The Balaban J connectivity index is 2.12. The van der Waals surface area contributed by atoms with Crippen molar-refractivity contribution < 1.29 is 14.8 Å². The Bertz CT molecular complexity index is 526. The number of aliphatic hydroxyl groups excluding tert-OH is 1. The summed E-state index contributed by atoms with van der Waals surface area (Å²) in [5, 5.41) is 23.0. The highest BCUT2D eigenvalue weighted by molar-refractivity contribution is 5.98. The number of nitrogen functional groups attached to an aromatic ring is 1. The summed E-state index contributed by atoms with van der Waals surface area (Å²) in [5.41, 5.74) is 5.01. The smallest absolute Gasteiger partial charge is 0.300 e. The van der Waals surface area contributed by atoms with Crippen LogP contribution >= 0.6 is 0 Å². The van der Waals surface area contributed by atoms with Crippen LogP contribution in [0.25, 0.3) is 0 Å². The largest absolute Gasteiger partial charge is 0.393 e. The number of aromatic nitrogens is 1. The first-order valence-corrected chi connectivity index (χ1v) is 6.36. The number of carbonyl (C=O) groups excluding carboxylic acids is 1. The molecule has 1 aromatic heterocycles. The van der Waals surface area contributed by atoms with E-state index >= 15 is 0 Å². The van der Waals surface area contributed by atoms with Gasteiger partial charge in [0.05, 0.1) is 11.0 Å². The van der Waals surface area contributed by atoms with Crippen LogP contribution in [0.1, 0.15) is 36.0 Å². The van der Waals surface area contributed by atoms with Gasteiger partial charge in [-0.05, 0) is 31.7 Å². The zero-order chi connectivity index (χ0) is 14.7. The van der Waals surface area contributed by atoms with Gasteiger partial charge in [-0.1, -0.05) is 0 Å². The number of aliphatic hydroxyl groups is 1. The second-order valence-electron chi connectivity index (χ2n) is 4.86. The van der Waals surface area contributed by atoms with E-state index in [1.54, 1.807) is 0 Å². The maximum atomic E-state index is 12.1. The van der Waals surface area contributed by atoms with E-state index < -0.39 is 10.8 Å². The molecule has 1 fully saturated rings. The number of nitrogens with one attached hydrogen (secondary N) is 1. The molecule has 108 valence electrons. The van der Waals surface area contributed by atoms with E-state index in [1.165, 1.54) is 6.07 Å². The van der Waals surface area contributed by atoms with E-state index in [2.05, 4.69) is 10.3 Å². The molecule has 0 unspecified atom stereocenters. The Hall–Kier alpha value is -2.22. The van der Waals surface area contributed by atoms with Crippen LogP contribution in [-0.2, 0) is 0 Å². The van der Waals surface area contributed by atoms with Gasteiger partial charge in [-0.15, -0.1) is 0 Å². The lowest BCUT2D eigenvalue weighted by atomic mass is 9.93. The molecule has 0 bridgehead atoms. The highest BCUT2D eigenvalue weighted by Crippen LogP contribution is 2.22. The molecule has 20 heavy (non-hydrogen) atoms. The molecule has 1 amide bonds. The fraction of sp³-hybridized carbons (Fsp3) is 0.500. The van der Waals surface area contributed by atoms with Crippen molar-refractivity contribution in [3.8, 4) is 0 Å². The van der Waals surface area contributed by atoms with Crippen LogP contribution in [0.4, 0.5) is 11.5 Å². The molecule has 0 atom stereocenters. The molecule has 1 aliphatic rings. The molecular formula is C12H16N4O4. The molecule has 1 saturated carbocycles. The third kappa shape index (κ3) is 3.21. The summed E-state index contributed by atoms with van der Waals surface area (Å²) in [7, 11) is 0. The number of carbonyl (C=O) groups is 1. The molecule has 1 aliphatic carbocycles. The molecule has 2 rings (SSSR count). The number of nitrogens with zero attached hydrogens (tertiary/aromatic N) is 2. The van der Waals surface area contributed by atoms with Crippen LogP contribution in [0.5, 0.6) is 0 Å². The van der Waals surface area contributed by atoms with Gasteiger partial charge < -0.3 is 16.2 Å². The molecule has 0 spiro atoms. The van der Waals surface area contributed by atoms with Crippen molar-refractivity contribution in [2.45, 2.75) is 37.8 Å². The Labute approximate surface area is 115 Å². The summed E-state index contributed by atoms with van der Waals surface area (Å²) >= 11 is 0. The minimum Gasteiger partial charge on any atom is -0.393 e. The lowest BCUT2D eigenvalue weighted by Gasteiger charge is -2.26.